The first-order valence-electron chi connectivity index (χ1n) is 10.4. The van der Waals surface area contributed by atoms with Crippen LogP contribution in [0, 0.1) is 0 Å². The van der Waals surface area contributed by atoms with Gasteiger partial charge in [0.2, 0.25) is 0 Å². The van der Waals surface area contributed by atoms with Gasteiger partial charge >= 0.3 is 5.97 Å². The number of nitrogens with zero attached hydrogens (tertiary/aromatic N) is 6. The highest BCUT2D eigenvalue weighted by Crippen LogP contribution is 2.39. The Balaban J connectivity index is 1.63. The number of ether oxygens (including phenoxy) is 2. The van der Waals surface area contributed by atoms with Crippen LogP contribution in [0.5, 0.6) is 5.75 Å². The first-order chi connectivity index (χ1) is 16.1. The Hall–Kier alpha value is -4.06. The molecule has 0 bridgehead atoms. The van der Waals surface area contributed by atoms with Gasteiger partial charge in [-0.2, -0.15) is 5.10 Å². The van der Waals surface area contributed by atoms with Crippen LogP contribution in [0.25, 0.3) is 22.4 Å². The van der Waals surface area contributed by atoms with E-state index in [-0.39, 0.29) is 24.3 Å². The van der Waals surface area contributed by atoms with Gasteiger partial charge in [-0.15, -0.1) is 0 Å². The summed E-state index contributed by atoms with van der Waals surface area (Å²) in [7, 11) is 0. The number of carbonyl (C=O) groups is 1. The quantitative estimate of drug-likeness (QED) is 0.292. The van der Waals surface area contributed by atoms with Crippen molar-refractivity contribution in [3.63, 3.8) is 0 Å². The number of fused-ring (bicyclic) bond motifs is 4. The lowest BCUT2D eigenvalue weighted by Crippen LogP contribution is -2.56. The highest BCUT2D eigenvalue weighted by Gasteiger charge is 2.37. The fraction of sp³-hybridized carbons (Fsp3) is 0.333. The molecule has 0 aliphatic carbocycles. The van der Waals surface area contributed by atoms with Gasteiger partial charge in [0.25, 0.3) is 0 Å². The molecule has 2 aliphatic rings. The Morgan fingerprint density at radius 1 is 1.36 bits per heavy atom. The number of aromatic amines is 1. The topological polar surface area (TPSA) is 164 Å². The zero-order chi connectivity index (χ0) is 22.9. The zero-order valence-electron chi connectivity index (χ0n) is 17.8. The van der Waals surface area contributed by atoms with Crippen LogP contribution >= 0.6 is 0 Å². The second-order valence-electron chi connectivity index (χ2n) is 7.79. The fourth-order valence-corrected chi connectivity index (χ4v) is 4.14. The van der Waals surface area contributed by atoms with E-state index >= 15 is 0 Å². The number of carboxylic acid groups (broad SMARTS) is 1. The molecule has 2 atom stereocenters. The first kappa shape index (κ1) is 20.8. The molecule has 0 aromatic carbocycles. The standard InChI is InChI=1S/C21H22N8O4/c1-11-8-32-9-12-10-33-17-15(6-23-7-16(28-22)21(30)31)26-19(27-20(17)29(11)12)14-3-5-25-18-13(14)2-4-24-18/h2-5,7,11-12H,6,8-10,22H2,1H3,(H,24,25)(H,30,31)/b23-7?,28-16+/t11-,12?/m1/s1. The van der Waals surface area contributed by atoms with Crippen LogP contribution in [0.2, 0.25) is 0 Å². The van der Waals surface area contributed by atoms with Crippen molar-refractivity contribution in [2.75, 3.05) is 24.7 Å². The molecule has 0 radical (unpaired) electrons. The Kier molecular flexibility index (Phi) is 5.34. The molecule has 0 amide bonds. The molecule has 5 heterocycles. The van der Waals surface area contributed by atoms with Gasteiger partial charge in [-0.05, 0) is 19.1 Å². The number of morpholine rings is 1. The van der Waals surface area contributed by atoms with Gasteiger partial charge in [0, 0.05) is 23.3 Å². The van der Waals surface area contributed by atoms with Gasteiger partial charge in [0.05, 0.1) is 38.1 Å². The third-order valence-electron chi connectivity index (χ3n) is 5.63. The highest BCUT2D eigenvalue weighted by atomic mass is 16.5. The average molecular weight is 450 g/mol. The number of aliphatic carboxylic acids is 1. The van der Waals surface area contributed by atoms with E-state index in [2.05, 4.69) is 31.9 Å². The third-order valence-corrected chi connectivity index (χ3v) is 5.63. The van der Waals surface area contributed by atoms with Crippen molar-refractivity contribution in [3.8, 4) is 17.1 Å². The lowest BCUT2D eigenvalue weighted by Gasteiger charge is -2.44. The Bertz CT molecular complexity index is 1270. The van der Waals surface area contributed by atoms with Gasteiger partial charge in [0.15, 0.2) is 23.1 Å². The van der Waals surface area contributed by atoms with Crippen molar-refractivity contribution in [3.05, 3.63) is 30.2 Å². The number of hydrazone groups is 1. The molecule has 1 unspecified atom stereocenters. The number of nitrogens with one attached hydrogen (secondary N) is 1. The summed E-state index contributed by atoms with van der Waals surface area (Å²) in [5.41, 5.74) is 1.72. The number of anilines is 1. The number of pyridine rings is 1. The molecule has 3 aromatic rings. The van der Waals surface area contributed by atoms with Gasteiger partial charge < -0.3 is 30.3 Å². The second-order valence-corrected chi connectivity index (χ2v) is 7.79. The number of nitrogens with two attached hydrogens (primary N) is 1. The molecule has 170 valence electrons. The number of aromatic nitrogens is 4. The molecule has 12 nitrogen and oxygen atoms in total. The number of aliphatic imine (C=N–C) groups is 1. The summed E-state index contributed by atoms with van der Waals surface area (Å²) in [6, 6.07) is 3.91. The zero-order valence-corrected chi connectivity index (χ0v) is 17.8. The molecule has 0 spiro atoms. The van der Waals surface area contributed by atoms with Crippen molar-refractivity contribution in [1.82, 2.24) is 19.9 Å². The van der Waals surface area contributed by atoms with Crippen LogP contribution in [0.15, 0.2) is 34.6 Å². The van der Waals surface area contributed by atoms with Crippen molar-refractivity contribution in [1.29, 1.82) is 0 Å². The predicted molar refractivity (Wildman–Crippen MR) is 121 cm³/mol. The Morgan fingerprint density at radius 3 is 3.06 bits per heavy atom. The Labute approximate surface area is 188 Å². The number of rotatable bonds is 5. The molecular weight excluding hydrogens is 428 g/mol. The molecule has 12 heteroatoms. The summed E-state index contributed by atoms with van der Waals surface area (Å²) in [6.45, 7) is 3.69. The number of hydrogen-bond donors (Lipinski definition) is 3. The first-order valence-corrected chi connectivity index (χ1v) is 10.4. The lowest BCUT2D eigenvalue weighted by atomic mass is 10.1. The van der Waals surface area contributed by atoms with Crippen molar-refractivity contribution in [2.45, 2.75) is 25.6 Å². The summed E-state index contributed by atoms with van der Waals surface area (Å²) in [5, 5.41) is 13.2. The van der Waals surface area contributed by atoms with E-state index in [4.69, 9.17) is 30.4 Å². The molecule has 1 fully saturated rings. The van der Waals surface area contributed by atoms with E-state index in [0.717, 1.165) is 22.8 Å². The van der Waals surface area contributed by atoms with Crippen LogP contribution in [0.4, 0.5) is 5.82 Å². The SMILES string of the molecule is C[C@@H]1COCC2COc3c(CN=C/C(=N\N)C(=O)O)nc(-c4ccnc5[nH]ccc45)nc3N21. The minimum absolute atomic E-state index is 0.0352. The number of H-pyrrole nitrogens is 1. The highest BCUT2D eigenvalue weighted by molar-refractivity contribution is 6.58. The average Bonchev–Trinajstić information content (AvgIpc) is 3.30. The largest absolute Gasteiger partial charge is 0.486 e. The summed E-state index contributed by atoms with van der Waals surface area (Å²) < 4.78 is 11.8. The van der Waals surface area contributed by atoms with Gasteiger partial charge in [-0.1, -0.05) is 0 Å². The van der Waals surface area contributed by atoms with E-state index in [1.54, 1.807) is 6.20 Å². The predicted octanol–water partition coefficient (Wildman–Crippen LogP) is 0.976. The Morgan fingerprint density at radius 2 is 2.24 bits per heavy atom. The molecular formula is C21H22N8O4. The van der Waals surface area contributed by atoms with Crippen LogP contribution in [0.3, 0.4) is 0 Å². The minimum atomic E-state index is -1.26. The molecule has 0 saturated carbocycles. The lowest BCUT2D eigenvalue weighted by molar-refractivity contribution is -0.129. The molecule has 4 N–H and O–H groups in total. The summed E-state index contributed by atoms with van der Waals surface area (Å²) in [5.74, 6) is 5.57. The van der Waals surface area contributed by atoms with Crippen LogP contribution in [-0.2, 0) is 16.1 Å². The van der Waals surface area contributed by atoms with Crippen LogP contribution in [0.1, 0.15) is 12.6 Å². The van der Waals surface area contributed by atoms with E-state index in [0.29, 0.717) is 42.9 Å². The molecule has 1 saturated heterocycles. The van der Waals surface area contributed by atoms with Crippen molar-refractivity contribution >= 4 is 34.7 Å². The second kappa shape index (κ2) is 8.47. The maximum atomic E-state index is 11.2. The maximum absolute atomic E-state index is 11.2. The van der Waals surface area contributed by atoms with Crippen LogP contribution in [-0.4, -0.2) is 74.8 Å². The third kappa shape index (κ3) is 3.74. The van der Waals surface area contributed by atoms with Crippen molar-refractivity contribution in [2.24, 2.45) is 15.9 Å². The molecule has 2 aliphatic heterocycles. The summed E-state index contributed by atoms with van der Waals surface area (Å²) in [4.78, 5) is 34.7. The van der Waals surface area contributed by atoms with Gasteiger partial charge in [-0.3, -0.25) is 4.99 Å². The van der Waals surface area contributed by atoms with E-state index in [9.17, 15) is 4.79 Å². The van der Waals surface area contributed by atoms with Gasteiger partial charge in [0.1, 0.15) is 17.9 Å². The normalized spacial score (nSPS) is 20.5. The smallest absolute Gasteiger partial charge is 0.357 e. The van der Waals surface area contributed by atoms with E-state index < -0.39 is 5.97 Å². The number of hydrogen-bond acceptors (Lipinski definition) is 10. The monoisotopic (exact) mass is 450 g/mol. The van der Waals surface area contributed by atoms with E-state index in [1.807, 2.05) is 18.3 Å². The fourth-order valence-electron chi connectivity index (χ4n) is 4.14. The van der Waals surface area contributed by atoms with Crippen LogP contribution < -0.4 is 15.5 Å². The molecule has 3 aromatic heterocycles. The summed E-state index contributed by atoms with van der Waals surface area (Å²) >= 11 is 0. The number of carboxylic acids is 1. The minimum Gasteiger partial charge on any atom is -0.486 e. The maximum Gasteiger partial charge on any atom is 0.357 e. The summed E-state index contributed by atoms with van der Waals surface area (Å²) in [6.07, 6.45) is 4.62. The van der Waals surface area contributed by atoms with Gasteiger partial charge in [-0.25, -0.2) is 19.7 Å². The van der Waals surface area contributed by atoms with E-state index in [1.165, 1.54) is 0 Å². The van der Waals surface area contributed by atoms with Crippen molar-refractivity contribution < 1.29 is 19.4 Å². The molecule has 33 heavy (non-hydrogen) atoms. The molecule has 5 rings (SSSR count).